The third-order valence-corrected chi connectivity index (χ3v) is 3.90. The third kappa shape index (κ3) is 3.47. The van der Waals surface area contributed by atoms with E-state index in [1.54, 1.807) is 24.4 Å². The minimum absolute atomic E-state index is 0.104. The Labute approximate surface area is 141 Å². The molecule has 2 aromatic rings. The number of Topliss-reactive ketones (excluding diaryl/α,β-unsaturated/α-hetero) is 2. The van der Waals surface area contributed by atoms with Crippen LogP contribution in [-0.2, 0) is 11.3 Å². The second-order valence-corrected chi connectivity index (χ2v) is 5.67. The second kappa shape index (κ2) is 6.92. The number of nitrogens with zero attached hydrogens (tertiary/aromatic N) is 3. The van der Waals surface area contributed by atoms with Crippen LogP contribution in [-0.4, -0.2) is 31.4 Å². The van der Waals surface area contributed by atoms with E-state index in [1.165, 1.54) is 10.9 Å². The van der Waals surface area contributed by atoms with Crippen molar-refractivity contribution in [3.8, 4) is 0 Å². The number of pyridine rings is 1. The zero-order chi connectivity index (χ0) is 18.0. The lowest BCUT2D eigenvalue weighted by Gasteiger charge is -2.13. The molecule has 0 spiro atoms. The summed E-state index contributed by atoms with van der Waals surface area (Å²) in [5.41, 5.74) is -0.909. The van der Waals surface area contributed by atoms with E-state index in [0.717, 1.165) is 0 Å². The van der Waals surface area contributed by atoms with Crippen LogP contribution >= 0.6 is 0 Å². The Bertz CT molecular complexity index is 844. The number of alkyl halides is 2. The summed E-state index contributed by atoms with van der Waals surface area (Å²) in [5, 5.41) is 13.6. The first-order valence-electron chi connectivity index (χ1n) is 7.72. The van der Waals surface area contributed by atoms with Gasteiger partial charge >= 0.3 is 0 Å². The van der Waals surface area contributed by atoms with E-state index < -0.39 is 29.3 Å². The van der Waals surface area contributed by atoms with Crippen LogP contribution in [0, 0.1) is 0 Å². The van der Waals surface area contributed by atoms with Crippen molar-refractivity contribution < 1.29 is 23.5 Å². The maximum absolute atomic E-state index is 13.3. The second-order valence-electron chi connectivity index (χ2n) is 5.67. The van der Waals surface area contributed by atoms with Crippen molar-refractivity contribution in [1.82, 2.24) is 14.8 Å². The number of carbonyl (C=O) groups excluding carboxylic acids is 2. The van der Waals surface area contributed by atoms with Crippen LogP contribution in [0.15, 0.2) is 41.9 Å². The molecule has 25 heavy (non-hydrogen) atoms. The van der Waals surface area contributed by atoms with E-state index in [1.807, 2.05) is 0 Å². The van der Waals surface area contributed by atoms with Crippen LogP contribution in [0.5, 0.6) is 0 Å². The molecule has 0 saturated carbocycles. The van der Waals surface area contributed by atoms with E-state index >= 15 is 0 Å². The molecule has 0 amide bonds. The van der Waals surface area contributed by atoms with Crippen molar-refractivity contribution in [2.75, 3.05) is 0 Å². The van der Waals surface area contributed by atoms with Crippen LogP contribution in [0.1, 0.15) is 47.4 Å². The van der Waals surface area contributed by atoms with Gasteiger partial charge in [-0.05, 0) is 18.6 Å². The zero-order valence-corrected chi connectivity index (χ0v) is 13.2. The first-order valence-corrected chi connectivity index (χ1v) is 7.72. The number of rotatable bonds is 5. The maximum atomic E-state index is 13.3. The Morgan fingerprint density at radius 2 is 2.12 bits per heavy atom. The Morgan fingerprint density at radius 1 is 1.32 bits per heavy atom. The summed E-state index contributed by atoms with van der Waals surface area (Å²) in [6.07, 6.45) is 0.465. The van der Waals surface area contributed by atoms with E-state index in [4.69, 9.17) is 0 Å². The molecule has 3 rings (SSSR count). The number of hydrogen-bond donors (Lipinski definition) is 1. The van der Waals surface area contributed by atoms with Gasteiger partial charge in [0.2, 0.25) is 5.78 Å². The fourth-order valence-electron chi connectivity index (χ4n) is 2.73. The van der Waals surface area contributed by atoms with E-state index in [9.17, 15) is 23.5 Å². The summed E-state index contributed by atoms with van der Waals surface area (Å²) in [6.45, 7) is 0.104. The molecule has 0 aliphatic heterocycles. The number of halogens is 2. The molecule has 0 saturated heterocycles. The highest BCUT2D eigenvalue weighted by Gasteiger charge is 2.32. The molecule has 130 valence electrons. The number of aromatic nitrogens is 3. The molecular weight excluding hydrogens is 332 g/mol. The summed E-state index contributed by atoms with van der Waals surface area (Å²) in [7, 11) is 0. The van der Waals surface area contributed by atoms with Gasteiger partial charge in [0.05, 0.1) is 17.8 Å². The summed E-state index contributed by atoms with van der Waals surface area (Å²) >= 11 is 0. The van der Waals surface area contributed by atoms with E-state index in [0.29, 0.717) is 12.1 Å². The number of allylic oxidation sites excluding steroid dienone is 2. The highest BCUT2D eigenvalue weighted by Crippen LogP contribution is 2.28. The Kier molecular flexibility index (Phi) is 4.69. The number of carbonyl (C=O) groups is 2. The van der Waals surface area contributed by atoms with Gasteiger partial charge in [0.1, 0.15) is 17.0 Å². The number of ketones is 2. The number of hydrogen-bond acceptors (Lipinski definition) is 5. The van der Waals surface area contributed by atoms with Gasteiger partial charge in [-0.1, -0.05) is 6.07 Å². The maximum Gasteiger partial charge on any atom is 0.282 e. The standard InChI is InChI=1S/C17H15F2N3O3/c18-17(19)15-11(16(25)14-12(23)5-3-6-13(14)24)9-22(21-15)8-10-4-1-2-7-20-10/h1-2,4,7,9,17,23H,3,5-6,8H2. The monoisotopic (exact) mass is 347 g/mol. The number of aliphatic hydroxyl groups is 1. The molecule has 2 aromatic heterocycles. The first kappa shape index (κ1) is 16.9. The SMILES string of the molecule is O=C1CCCC(O)=C1C(=O)c1cn(Cc2ccccn2)nc1C(F)F. The molecule has 0 fully saturated rings. The van der Waals surface area contributed by atoms with Crippen molar-refractivity contribution in [3.63, 3.8) is 0 Å². The van der Waals surface area contributed by atoms with Gasteiger partial charge < -0.3 is 5.11 Å². The normalized spacial score (nSPS) is 15.1. The van der Waals surface area contributed by atoms with Crippen LogP contribution in [0.25, 0.3) is 0 Å². The lowest BCUT2D eigenvalue weighted by Crippen LogP contribution is -2.20. The van der Waals surface area contributed by atoms with Gasteiger partial charge in [-0.15, -0.1) is 0 Å². The molecule has 0 bridgehead atoms. The van der Waals surface area contributed by atoms with Crippen molar-refractivity contribution >= 4 is 11.6 Å². The third-order valence-electron chi connectivity index (χ3n) is 3.90. The summed E-state index contributed by atoms with van der Waals surface area (Å²) in [4.78, 5) is 28.6. The van der Waals surface area contributed by atoms with Crippen molar-refractivity contribution in [2.24, 2.45) is 0 Å². The van der Waals surface area contributed by atoms with E-state index in [2.05, 4.69) is 10.1 Å². The van der Waals surface area contributed by atoms with Crippen molar-refractivity contribution in [3.05, 3.63) is 58.9 Å². The van der Waals surface area contributed by atoms with Crippen LogP contribution in [0.4, 0.5) is 8.78 Å². The first-order chi connectivity index (χ1) is 12.0. The molecule has 0 unspecified atom stereocenters. The van der Waals surface area contributed by atoms with Gasteiger partial charge in [-0.2, -0.15) is 5.10 Å². The largest absolute Gasteiger partial charge is 0.511 e. The fourth-order valence-corrected chi connectivity index (χ4v) is 2.73. The molecule has 8 heteroatoms. The minimum atomic E-state index is -2.98. The Morgan fingerprint density at radius 3 is 2.76 bits per heavy atom. The van der Waals surface area contributed by atoms with Gasteiger partial charge in [-0.25, -0.2) is 8.78 Å². The smallest absolute Gasteiger partial charge is 0.282 e. The van der Waals surface area contributed by atoms with Crippen molar-refractivity contribution in [2.45, 2.75) is 32.2 Å². The highest BCUT2D eigenvalue weighted by atomic mass is 19.3. The zero-order valence-electron chi connectivity index (χ0n) is 13.2. The Balaban J connectivity index is 1.97. The summed E-state index contributed by atoms with van der Waals surface area (Å²) < 4.78 is 27.8. The summed E-state index contributed by atoms with van der Waals surface area (Å²) in [6, 6.07) is 5.16. The van der Waals surface area contributed by atoms with E-state index in [-0.39, 0.29) is 30.7 Å². The van der Waals surface area contributed by atoms with Gasteiger partial charge in [0, 0.05) is 25.2 Å². The topological polar surface area (TPSA) is 85.1 Å². The van der Waals surface area contributed by atoms with Crippen LogP contribution in [0.2, 0.25) is 0 Å². The molecule has 1 N–H and O–H groups in total. The predicted octanol–water partition coefficient (Wildman–Crippen LogP) is 3.01. The average Bonchev–Trinajstić information content (AvgIpc) is 2.99. The summed E-state index contributed by atoms with van der Waals surface area (Å²) in [5.74, 6) is -1.80. The van der Waals surface area contributed by atoms with Gasteiger partial charge in [0.15, 0.2) is 5.78 Å². The highest BCUT2D eigenvalue weighted by molar-refractivity contribution is 6.27. The molecule has 2 heterocycles. The molecule has 0 atom stereocenters. The van der Waals surface area contributed by atoms with Gasteiger partial charge in [-0.3, -0.25) is 19.3 Å². The van der Waals surface area contributed by atoms with Crippen LogP contribution < -0.4 is 0 Å². The lowest BCUT2D eigenvalue weighted by atomic mass is 9.90. The van der Waals surface area contributed by atoms with Crippen molar-refractivity contribution in [1.29, 1.82) is 0 Å². The molecule has 1 aliphatic carbocycles. The fraction of sp³-hybridized carbons (Fsp3) is 0.294. The Hall–Kier alpha value is -2.90. The quantitative estimate of drug-likeness (QED) is 0.664. The van der Waals surface area contributed by atoms with Gasteiger partial charge in [0.25, 0.3) is 6.43 Å². The average molecular weight is 347 g/mol. The molecular formula is C17H15F2N3O3. The predicted molar refractivity (Wildman–Crippen MR) is 83.4 cm³/mol. The molecule has 6 nitrogen and oxygen atoms in total. The molecule has 0 aromatic carbocycles. The molecule has 1 aliphatic rings. The lowest BCUT2D eigenvalue weighted by molar-refractivity contribution is -0.116. The molecule has 0 radical (unpaired) electrons. The number of aliphatic hydroxyl groups excluding tert-OH is 1. The minimum Gasteiger partial charge on any atom is -0.511 e. The van der Waals surface area contributed by atoms with Crippen LogP contribution in [0.3, 0.4) is 0 Å².